The zero-order valence-corrected chi connectivity index (χ0v) is 38.5. The van der Waals surface area contributed by atoms with Crippen molar-refractivity contribution in [3.05, 3.63) is 109 Å². The number of aliphatic hydroxyl groups is 2. The number of hydrogen-bond acceptors (Lipinski definition) is 5. The van der Waals surface area contributed by atoms with Gasteiger partial charge in [0.1, 0.15) is 6.10 Å². The minimum absolute atomic E-state index is 0.0153. The van der Waals surface area contributed by atoms with Crippen molar-refractivity contribution >= 4 is 11.9 Å². The van der Waals surface area contributed by atoms with Gasteiger partial charge in [0.05, 0.1) is 25.2 Å². The lowest BCUT2D eigenvalue weighted by atomic mass is 10.0. The molecule has 1 amide bonds. The molecule has 3 N–H and O–H groups in total. The molecule has 0 radical (unpaired) electrons. The highest BCUT2D eigenvalue weighted by Gasteiger charge is 2.24. The predicted octanol–water partition coefficient (Wildman–Crippen LogP) is 14.3. The molecule has 0 fully saturated rings. The normalized spacial score (nSPS) is 14.3. The van der Waals surface area contributed by atoms with Gasteiger partial charge in [-0.1, -0.05) is 207 Å². The van der Waals surface area contributed by atoms with E-state index in [9.17, 15) is 19.8 Å². The van der Waals surface area contributed by atoms with Gasteiger partial charge in [0.2, 0.25) is 5.91 Å². The summed E-state index contributed by atoms with van der Waals surface area (Å²) < 4.78 is 5.87. The van der Waals surface area contributed by atoms with E-state index in [0.29, 0.717) is 19.3 Å². The third-order valence-electron chi connectivity index (χ3n) is 10.2. The fourth-order valence-electron chi connectivity index (χ4n) is 6.59. The highest BCUT2D eigenvalue weighted by Crippen LogP contribution is 2.16. The van der Waals surface area contributed by atoms with Crippen molar-refractivity contribution in [3.63, 3.8) is 0 Å². The lowest BCUT2D eigenvalue weighted by Crippen LogP contribution is -2.46. The summed E-state index contributed by atoms with van der Waals surface area (Å²) in [6, 6.07) is -0.734. The van der Waals surface area contributed by atoms with Crippen LogP contribution in [0.5, 0.6) is 0 Å². The Bertz CT molecular complexity index is 1250. The largest absolute Gasteiger partial charge is 0.462 e. The van der Waals surface area contributed by atoms with Crippen molar-refractivity contribution in [1.82, 2.24) is 5.32 Å². The fourth-order valence-corrected chi connectivity index (χ4v) is 6.59. The lowest BCUT2D eigenvalue weighted by molar-refractivity contribution is -0.151. The molecular weight excluding hydrogens is 743 g/mol. The molecule has 60 heavy (non-hydrogen) atoms. The van der Waals surface area contributed by atoms with Crippen molar-refractivity contribution in [1.29, 1.82) is 0 Å². The molecule has 0 heterocycles. The number of rotatable bonds is 41. The van der Waals surface area contributed by atoms with Crippen LogP contribution in [-0.4, -0.2) is 46.9 Å². The predicted molar refractivity (Wildman–Crippen MR) is 259 cm³/mol. The number of carbonyl (C=O) groups excluding carboxylic acids is 2. The molecule has 0 spiro atoms. The number of esters is 1. The maximum absolute atomic E-state index is 13.2. The SMILES string of the molecule is CC/C=C\C/C=C\C/C=C\C/C=C\C/C=C\CCCC(CC(=O)NC(CO)C(O)CCCCCCCCCCCCC)OC(=O)CCCCC\C=C/C=C\C=C\C=C\CC. The maximum Gasteiger partial charge on any atom is 0.306 e. The topological polar surface area (TPSA) is 95.9 Å². The minimum atomic E-state index is -0.815. The summed E-state index contributed by atoms with van der Waals surface area (Å²) in [5.74, 6) is -0.589. The van der Waals surface area contributed by atoms with E-state index in [2.05, 4.69) is 105 Å². The maximum atomic E-state index is 13.2. The summed E-state index contributed by atoms with van der Waals surface area (Å²) in [7, 11) is 0. The third kappa shape index (κ3) is 41.3. The Hall–Kier alpha value is -3.48. The highest BCUT2D eigenvalue weighted by molar-refractivity contribution is 5.77. The molecule has 0 aliphatic carbocycles. The van der Waals surface area contributed by atoms with Crippen LogP contribution in [0.2, 0.25) is 0 Å². The van der Waals surface area contributed by atoms with Gasteiger partial charge in [0.25, 0.3) is 0 Å². The van der Waals surface area contributed by atoms with Crippen LogP contribution in [0.25, 0.3) is 0 Å². The van der Waals surface area contributed by atoms with Crippen molar-refractivity contribution in [2.75, 3.05) is 6.61 Å². The Morgan fingerprint density at radius 3 is 1.57 bits per heavy atom. The number of unbranched alkanes of at least 4 members (excludes halogenated alkanes) is 14. The number of carbonyl (C=O) groups is 2. The van der Waals surface area contributed by atoms with Crippen LogP contribution in [0.15, 0.2) is 109 Å². The second-order valence-corrected chi connectivity index (χ2v) is 15.8. The molecule has 0 aliphatic rings. The molecule has 0 aromatic carbocycles. The van der Waals surface area contributed by atoms with E-state index in [1.54, 1.807) is 0 Å². The second-order valence-electron chi connectivity index (χ2n) is 15.8. The van der Waals surface area contributed by atoms with Gasteiger partial charge in [0.15, 0.2) is 0 Å². The van der Waals surface area contributed by atoms with Crippen LogP contribution < -0.4 is 5.32 Å². The molecule has 0 saturated carbocycles. The first-order chi connectivity index (χ1) is 29.5. The number of nitrogens with one attached hydrogen (secondary N) is 1. The molecule has 6 heteroatoms. The van der Waals surface area contributed by atoms with Crippen LogP contribution in [0, 0.1) is 0 Å². The number of ether oxygens (including phenoxy) is 1. The number of aliphatic hydroxyl groups excluding tert-OH is 2. The van der Waals surface area contributed by atoms with Crippen LogP contribution in [0.3, 0.4) is 0 Å². The Kier molecular flexibility index (Phi) is 43.9. The monoisotopic (exact) mass is 832 g/mol. The summed E-state index contributed by atoms with van der Waals surface area (Å²) in [5.41, 5.74) is 0. The van der Waals surface area contributed by atoms with Crippen LogP contribution in [-0.2, 0) is 14.3 Å². The molecule has 340 valence electrons. The molecular formula is C54H89NO5. The van der Waals surface area contributed by atoms with E-state index < -0.39 is 18.2 Å². The van der Waals surface area contributed by atoms with Gasteiger partial charge < -0.3 is 20.3 Å². The first kappa shape index (κ1) is 56.5. The molecule has 0 aromatic rings. The average Bonchev–Trinajstić information content (AvgIpc) is 3.24. The first-order valence-electron chi connectivity index (χ1n) is 24.2. The Balaban J connectivity index is 4.81. The second kappa shape index (κ2) is 46.6. The lowest BCUT2D eigenvalue weighted by Gasteiger charge is -2.24. The Labute approximate surface area is 368 Å². The van der Waals surface area contributed by atoms with Crippen molar-refractivity contribution < 1.29 is 24.5 Å². The average molecular weight is 832 g/mol. The van der Waals surface area contributed by atoms with E-state index in [-0.39, 0.29) is 24.9 Å². The van der Waals surface area contributed by atoms with E-state index in [0.717, 1.165) is 96.3 Å². The van der Waals surface area contributed by atoms with Gasteiger partial charge in [-0.05, 0) is 83.5 Å². The van der Waals surface area contributed by atoms with Gasteiger partial charge in [0, 0.05) is 6.42 Å². The summed E-state index contributed by atoms with van der Waals surface area (Å²) >= 11 is 0. The molecule has 3 unspecified atom stereocenters. The van der Waals surface area contributed by atoms with E-state index in [1.807, 2.05) is 30.4 Å². The van der Waals surface area contributed by atoms with Crippen LogP contribution in [0.4, 0.5) is 0 Å². The molecule has 0 aliphatic heterocycles. The molecule has 0 bridgehead atoms. The highest BCUT2D eigenvalue weighted by atomic mass is 16.5. The molecule has 6 nitrogen and oxygen atoms in total. The van der Waals surface area contributed by atoms with Gasteiger partial charge >= 0.3 is 5.97 Å². The summed E-state index contributed by atoms with van der Waals surface area (Å²) in [4.78, 5) is 26.0. The molecule has 0 rings (SSSR count). The van der Waals surface area contributed by atoms with Gasteiger partial charge in [-0.3, -0.25) is 9.59 Å². The summed E-state index contributed by atoms with van der Waals surface area (Å²) in [6.07, 6.45) is 62.9. The smallest absolute Gasteiger partial charge is 0.306 e. The van der Waals surface area contributed by atoms with Crippen LogP contribution >= 0.6 is 0 Å². The van der Waals surface area contributed by atoms with Crippen molar-refractivity contribution in [3.8, 4) is 0 Å². The third-order valence-corrected chi connectivity index (χ3v) is 10.2. The summed E-state index contributed by atoms with van der Waals surface area (Å²) in [5, 5.41) is 23.7. The number of allylic oxidation sites excluding steroid dienone is 18. The minimum Gasteiger partial charge on any atom is -0.462 e. The van der Waals surface area contributed by atoms with Gasteiger partial charge in [-0.25, -0.2) is 0 Å². The zero-order valence-electron chi connectivity index (χ0n) is 38.5. The Morgan fingerprint density at radius 2 is 1.00 bits per heavy atom. The molecule has 0 saturated heterocycles. The van der Waals surface area contributed by atoms with Crippen molar-refractivity contribution in [2.45, 2.75) is 212 Å². The van der Waals surface area contributed by atoms with E-state index >= 15 is 0 Å². The molecule has 3 atom stereocenters. The van der Waals surface area contributed by atoms with Crippen molar-refractivity contribution in [2.24, 2.45) is 0 Å². The standard InChI is InChI=1S/C54H89NO5/c1-4-7-10-13-16-19-22-24-25-26-27-29-31-33-36-39-42-45-50(60-54(59)47-44-41-38-35-32-28-23-20-17-14-11-8-5-2)48-53(58)55-51(49-56)52(57)46-43-40-37-34-30-21-18-15-12-9-6-3/h7-8,10-11,14,16-17,19-20,23-25,27-29,32-33,36,50-52,56-57H,4-6,9,12-13,15,18,21-22,26,30-31,34-35,37-49H2,1-3H3,(H,55,58)/b10-7-,11-8+,17-14+,19-16-,23-20-,25-24-,29-27-,32-28-,36-33-. The van der Waals surface area contributed by atoms with Gasteiger partial charge in [-0.15, -0.1) is 0 Å². The molecule has 0 aromatic heterocycles. The van der Waals surface area contributed by atoms with E-state index in [4.69, 9.17) is 4.74 Å². The van der Waals surface area contributed by atoms with E-state index in [1.165, 1.54) is 51.4 Å². The quantitative estimate of drug-likeness (QED) is 0.0247. The number of hydrogen-bond donors (Lipinski definition) is 3. The first-order valence-corrected chi connectivity index (χ1v) is 24.2. The summed E-state index contributed by atoms with van der Waals surface area (Å²) in [6.45, 7) is 6.17. The van der Waals surface area contributed by atoms with Crippen LogP contribution in [0.1, 0.15) is 194 Å². The fraction of sp³-hybridized carbons (Fsp3) is 0.630. The number of amides is 1. The zero-order chi connectivity index (χ0) is 43.8. The Morgan fingerprint density at radius 1 is 0.517 bits per heavy atom. The van der Waals surface area contributed by atoms with Gasteiger partial charge in [-0.2, -0.15) is 0 Å².